The van der Waals surface area contributed by atoms with Crippen molar-refractivity contribution in [1.82, 2.24) is 9.88 Å². The molecule has 0 bridgehead atoms. The van der Waals surface area contributed by atoms with Gasteiger partial charge in [-0.05, 0) is 37.1 Å². The highest BCUT2D eigenvalue weighted by Gasteiger charge is 2.42. The Balaban J connectivity index is 1.83. The van der Waals surface area contributed by atoms with Crippen LogP contribution in [0.25, 0.3) is 10.9 Å². The van der Waals surface area contributed by atoms with E-state index in [0.29, 0.717) is 12.0 Å². The van der Waals surface area contributed by atoms with Gasteiger partial charge in [0.1, 0.15) is 0 Å². The lowest BCUT2D eigenvalue weighted by atomic mass is 9.72. The van der Waals surface area contributed by atoms with E-state index in [0.717, 1.165) is 25.1 Å². The number of hydrogen-bond acceptors (Lipinski definition) is 4. The van der Waals surface area contributed by atoms with E-state index in [1.807, 2.05) is 0 Å². The van der Waals surface area contributed by atoms with E-state index in [-0.39, 0.29) is 11.9 Å². The SMILES string of the molecule is COC(=O)C1C[C@@H]2c3cccc4[nH]c(CS)c(c34)C[C@H]2N(C)C1. The highest BCUT2D eigenvalue weighted by atomic mass is 32.1. The lowest BCUT2D eigenvalue weighted by Gasteiger charge is -2.44. The van der Waals surface area contributed by atoms with Crippen molar-refractivity contribution < 1.29 is 9.53 Å². The van der Waals surface area contributed by atoms with E-state index >= 15 is 0 Å². The standard InChI is InChI=1S/C18H22N2O2S/c1-20-8-10(18(21)22-2)6-12-11-4-3-5-14-17(11)13(7-16(12)20)15(9-23)19-14/h3-5,10,12,16,19,23H,6-9H2,1-2H3/t10?,12-,16-/m1/s1. The van der Waals surface area contributed by atoms with Crippen LogP contribution in [0.15, 0.2) is 18.2 Å². The molecule has 2 heterocycles. The third kappa shape index (κ3) is 2.21. The minimum Gasteiger partial charge on any atom is -0.469 e. The number of methoxy groups -OCH3 is 1. The third-order valence-electron chi connectivity index (χ3n) is 5.63. The summed E-state index contributed by atoms with van der Waals surface area (Å²) in [5.74, 6) is 0.998. The number of nitrogens with zero attached hydrogens (tertiary/aromatic N) is 1. The quantitative estimate of drug-likeness (QED) is 0.657. The molecule has 0 radical (unpaired) electrons. The van der Waals surface area contributed by atoms with E-state index in [2.05, 4.69) is 47.8 Å². The van der Waals surface area contributed by atoms with Crippen LogP contribution >= 0.6 is 12.6 Å². The zero-order valence-corrected chi connectivity index (χ0v) is 14.4. The summed E-state index contributed by atoms with van der Waals surface area (Å²) in [5, 5.41) is 1.36. The largest absolute Gasteiger partial charge is 0.469 e. The van der Waals surface area contributed by atoms with Gasteiger partial charge in [-0.2, -0.15) is 12.6 Å². The average molecular weight is 330 g/mol. The number of ether oxygens (including phenoxy) is 1. The molecule has 1 aliphatic carbocycles. The van der Waals surface area contributed by atoms with Gasteiger partial charge in [0.05, 0.1) is 13.0 Å². The zero-order chi connectivity index (χ0) is 16.1. The minimum absolute atomic E-state index is 0.0358. The Labute approximate surface area is 141 Å². The molecule has 1 unspecified atom stereocenters. The first-order chi connectivity index (χ1) is 11.1. The van der Waals surface area contributed by atoms with Crippen molar-refractivity contribution in [2.75, 3.05) is 20.7 Å². The summed E-state index contributed by atoms with van der Waals surface area (Å²) in [6.07, 6.45) is 1.91. The summed E-state index contributed by atoms with van der Waals surface area (Å²) in [6.45, 7) is 0.778. The number of likely N-dealkylation sites (tertiary alicyclic amines) is 1. The first-order valence-corrected chi connectivity index (χ1v) is 8.78. The maximum Gasteiger partial charge on any atom is 0.309 e. The van der Waals surface area contributed by atoms with Crippen molar-refractivity contribution in [2.45, 2.75) is 30.6 Å². The van der Waals surface area contributed by atoms with Crippen LogP contribution in [0.3, 0.4) is 0 Å². The number of hydrogen-bond donors (Lipinski definition) is 2. The van der Waals surface area contributed by atoms with Gasteiger partial charge in [-0.15, -0.1) is 0 Å². The number of nitrogens with one attached hydrogen (secondary N) is 1. The van der Waals surface area contributed by atoms with E-state index in [1.165, 1.54) is 34.8 Å². The van der Waals surface area contributed by atoms with Gasteiger partial charge in [0.25, 0.3) is 0 Å². The molecule has 2 aromatic rings. The van der Waals surface area contributed by atoms with E-state index in [9.17, 15) is 4.79 Å². The molecule has 1 aliphatic heterocycles. The Morgan fingerprint density at radius 3 is 3.04 bits per heavy atom. The summed E-state index contributed by atoms with van der Waals surface area (Å²) in [7, 11) is 3.62. The van der Waals surface area contributed by atoms with Gasteiger partial charge in [0.15, 0.2) is 0 Å². The highest BCUT2D eigenvalue weighted by Crippen LogP contribution is 2.45. The van der Waals surface area contributed by atoms with Gasteiger partial charge in [0.2, 0.25) is 0 Å². The number of esters is 1. The number of carbonyl (C=O) groups excluding carboxylic acids is 1. The van der Waals surface area contributed by atoms with Crippen LogP contribution < -0.4 is 0 Å². The number of H-pyrrole nitrogens is 1. The Hall–Kier alpha value is -1.46. The van der Waals surface area contributed by atoms with Crippen LogP contribution in [0.2, 0.25) is 0 Å². The van der Waals surface area contributed by atoms with Crippen LogP contribution in [0.5, 0.6) is 0 Å². The summed E-state index contributed by atoms with van der Waals surface area (Å²) in [5.41, 5.74) is 5.22. The summed E-state index contributed by atoms with van der Waals surface area (Å²) in [4.78, 5) is 17.9. The molecule has 1 aromatic heterocycles. The number of benzene rings is 1. The van der Waals surface area contributed by atoms with Crippen molar-refractivity contribution >= 4 is 29.5 Å². The van der Waals surface area contributed by atoms with Crippen LogP contribution in [-0.2, 0) is 21.7 Å². The maximum absolute atomic E-state index is 12.1. The van der Waals surface area contributed by atoms with Gasteiger partial charge in [-0.1, -0.05) is 12.1 Å². The molecule has 0 spiro atoms. The molecule has 1 fully saturated rings. The number of rotatable bonds is 2. The van der Waals surface area contributed by atoms with Gasteiger partial charge in [-0.25, -0.2) is 0 Å². The molecule has 1 aromatic carbocycles. The molecule has 4 nitrogen and oxygen atoms in total. The van der Waals surface area contributed by atoms with Crippen molar-refractivity contribution in [3.05, 3.63) is 35.0 Å². The van der Waals surface area contributed by atoms with Crippen molar-refractivity contribution in [3.8, 4) is 0 Å². The predicted octanol–water partition coefficient (Wildman–Crippen LogP) is 2.73. The number of aromatic nitrogens is 1. The molecular formula is C18H22N2O2S. The summed E-state index contributed by atoms with van der Waals surface area (Å²) in [6, 6.07) is 6.93. The molecule has 4 rings (SSSR count). The monoisotopic (exact) mass is 330 g/mol. The normalized spacial score (nSPS) is 27.0. The van der Waals surface area contributed by atoms with Gasteiger partial charge in [-0.3, -0.25) is 4.79 Å². The zero-order valence-electron chi connectivity index (χ0n) is 13.5. The Morgan fingerprint density at radius 2 is 2.30 bits per heavy atom. The third-order valence-corrected chi connectivity index (χ3v) is 5.95. The lowest BCUT2D eigenvalue weighted by molar-refractivity contribution is -0.148. The Morgan fingerprint density at radius 1 is 1.48 bits per heavy atom. The number of carbonyl (C=O) groups is 1. The number of piperidine rings is 1. The smallest absolute Gasteiger partial charge is 0.309 e. The van der Waals surface area contributed by atoms with Gasteiger partial charge < -0.3 is 14.6 Å². The molecule has 5 heteroatoms. The first-order valence-electron chi connectivity index (χ1n) is 8.15. The minimum atomic E-state index is -0.0848. The van der Waals surface area contributed by atoms with E-state index < -0.39 is 0 Å². The summed E-state index contributed by atoms with van der Waals surface area (Å²) >= 11 is 4.49. The molecule has 1 saturated heterocycles. The molecule has 0 amide bonds. The fraction of sp³-hybridized carbons (Fsp3) is 0.500. The van der Waals surface area contributed by atoms with Crippen LogP contribution in [0, 0.1) is 5.92 Å². The second kappa shape index (κ2) is 5.56. The van der Waals surface area contributed by atoms with Crippen LogP contribution in [0.4, 0.5) is 0 Å². The average Bonchev–Trinajstić information content (AvgIpc) is 2.94. The summed E-state index contributed by atoms with van der Waals surface area (Å²) < 4.78 is 5.00. The van der Waals surface area contributed by atoms with E-state index in [1.54, 1.807) is 0 Å². The number of likely N-dealkylation sites (N-methyl/N-ethyl adjacent to an activating group) is 1. The van der Waals surface area contributed by atoms with Crippen LogP contribution in [-0.4, -0.2) is 42.6 Å². The topological polar surface area (TPSA) is 45.3 Å². The van der Waals surface area contributed by atoms with Gasteiger partial charge in [0, 0.05) is 40.9 Å². The molecule has 0 saturated carbocycles. The molecule has 2 aliphatic rings. The second-order valence-electron chi connectivity index (χ2n) is 6.78. The molecule has 3 atom stereocenters. The van der Waals surface area contributed by atoms with Crippen LogP contribution in [0.1, 0.15) is 29.2 Å². The molecule has 122 valence electrons. The fourth-order valence-electron chi connectivity index (χ4n) is 4.58. The van der Waals surface area contributed by atoms with Gasteiger partial charge >= 0.3 is 5.97 Å². The predicted molar refractivity (Wildman–Crippen MR) is 94.0 cm³/mol. The van der Waals surface area contributed by atoms with Crippen molar-refractivity contribution in [3.63, 3.8) is 0 Å². The Bertz CT molecular complexity index is 770. The number of fused-ring (bicyclic) bond motifs is 2. The Kier molecular flexibility index (Phi) is 3.65. The van der Waals surface area contributed by atoms with Crippen molar-refractivity contribution in [2.24, 2.45) is 5.92 Å². The number of thiol groups is 1. The van der Waals surface area contributed by atoms with E-state index in [4.69, 9.17) is 4.74 Å². The first kappa shape index (κ1) is 15.1. The maximum atomic E-state index is 12.1. The lowest BCUT2D eigenvalue weighted by Crippen LogP contribution is -2.49. The molecule has 1 N–H and O–H groups in total. The fourth-order valence-corrected chi connectivity index (χ4v) is 4.85. The van der Waals surface area contributed by atoms with Crippen molar-refractivity contribution in [1.29, 1.82) is 0 Å². The molecule has 23 heavy (non-hydrogen) atoms. The number of aromatic amines is 1. The second-order valence-corrected chi connectivity index (χ2v) is 7.10. The highest BCUT2D eigenvalue weighted by molar-refractivity contribution is 7.79. The molecular weight excluding hydrogens is 308 g/mol.